The molecule has 3 rings (SSSR count). The Balaban J connectivity index is 1.61. The number of likely N-dealkylation sites (tertiary alicyclic amines) is 1. The average Bonchev–Trinajstić information content (AvgIpc) is 2.97. The quantitative estimate of drug-likeness (QED) is 0.867. The first-order valence-electron chi connectivity index (χ1n) is 6.99. The molecule has 2 aromatic carbocycles. The maximum Gasteiger partial charge on any atom is 0.253 e. The van der Waals surface area contributed by atoms with Gasteiger partial charge in [-0.1, -0.05) is 18.2 Å². The van der Waals surface area contributed by atoms with E-state index >= 15 is 0 Å². The molecule has 0 aromatic heterocycles. The van der Waals surface area contributed by atoms with E-state index in [-0.39, 0.29) is 17.8 Å². The third-order valence-corrected chi connectivity index (χ3v) is 3.57. The van der Waals surface area contributed by atoms with Crippen LogP contribution in [0.1, 0.15) is 16.8 Å². The van der Waals surface area contributed by atoms with Crippen molar-refractivity contribution in [1.29, 1.82) is 0 Å². The Kier molecular flexibility index (Phi) is 3.86. The van der Waals surface area contributed by atoms with Crippen molar-refractivity contribution in [3.8, 4) is 5.75 Å². The van der Waals surface area contributed by atoms with Crippen LogP contribution >= 0.6 is 0 Å². The molecule has 108 valence electrons. The predicted octanol–water partition coefficient (Wildman–Crippen LogP) is 3.12. The molecule has 1 heterocycles. The minimum atomic E-state index is -0.335. The van der Waals surface area contributed by atoms with E-state index in [9.17, 15) is 9.18 Å². The van der Waals surface area contributed by atoms with Crippen molar-refractivity contribution in [1.82, 2.24) is 4.90 Å². The molecule has 0 spiro atoms. The van der Waals surface area contributed by atoms with Crippen molar-refractivity contribution >= 4 is 5.91 Å². The molecule has 2 aromatic rings. The summed E-state index contributed by atoms with van der Waals surface area (Å²) >= 11 is 0. The van der Waals surface area contributed by atoms with Gasteiger partial charge in [0.25, 0.3) is 5.91 Å². The van der Waals surface area contributed by atoms with Gasteiger partial charge in [-0.05, 0) is 36.4 Å². The van der Waals surface area contributed by atoms with Gasteiger partial charge in [-0.15, -0.1) is 0 Å². The van der Waals surface area contributed by atoms with Crippen LogP contribution in [-0.4, -0.2) is 30.0 Å². The molecule has 1 saturated heterocycles. The van der Waals surface area contributed by atoms with Crippen molar-refractivity contribution in [2.24, 2.45) is 0 Å². The first-order valence-corrected chi connectivity index (χ1v) is 6.99. The molecule has 4 heteroatoms. The molecule has 1 aliphatic heterocycles. The average molecular weight is 285 g/mol. The van der Waals surface area contributed by atoms with Gasteiger partial charge in [-0.25, -0.2) is 4.39 Å². The van der Waals surface area contributed by atoms with E-state index in [1.165, 1.54) is 24.3 Å². The molecular weight excluding hydrogens is 269 g/mol. The predicted molar refractivity (Wildman–Crippen MR) is 77.8 cm³/mol. The second-order valence-corrected chi connectivity index (χ2v) is 5.10. The molecule has 3 nitrogen and oxygen atoms in total. The fourth-order valence-corrected chi connectivity index (χ4v) is 2.48. The van der Waals surface area contributed by atoms with Crippen molar-refractivity contribution < 1.29 is 13.9 Å². The lowest BCUT2D eigenvalue weighted by molar-refractivity contribution is 0.0772. The second kappa shape index (κ2) is 5.95. The number of carbonyl (C=O) groups is 1. The molecule has 1 aliphatic rings. The van der Waals surface area contributed by atoms with Gasteiger partial charge in [-0.2, -0.15) is 0 Å². The summed E-state index contributed by atoms with van der Waals surface area (Å²) in [5.74, 6) is 0.408. The van der Waals surface area contributed by atoms with Crippen LogP contribution in [0.4, 0.5) is 4.39 Å². The van der Waals surface area contributed by atoms with Gasteiger partial charge in [0.1, 0.15) is 17.7 Å². The minimum Gasteiger partial charge on any atom is -0.489 e. The lowest BCUT2D eigenvalue weighted by Crippen LogP contribution is -2.30. The van der Waals surface area contributed by atoms with E-state index in [1.807, 2.05) is 30.3 Å². The fourth-order valence-electron chi connectivity index (χ4n) is 2.48. The van der Waals surface area contributed by atoms with E-state index < -0.39 is 0 Å². The smallest absolute Gasteiger partial charge is 0.253 e. The zero-order valence-corrected chi connectivity index (χ0v) is 11.5. The third kappa shape index (κ3) is 3.21. The van der Waals surface area contributed by atoms with E-state index in [0.29, 0.717) is 18.7 Å². The molecule has 0 saturated carbocycles. The molecule has 1 fully saturated rings. The van der Waals surface area contributed by atoms with E-state index in [0.717, 1.165) is 12.2 Å². The summed E-state index contributed by atoms with van der Waals surface area (Å²) in [6, 6.07) is 15.2. The van der Waals surface area contributed by atoms with Gasteiger partial charge in [0.2, 0.25) is 0 Å². The first-order chi connectivity index (χ1) is 10.2. The van der Waals surface area contributed by atoms with Gasteiger partial charge in [0.05, 0.1) is 6.54 Å². The van der Waals surface area contributed by atoms with Gasteiger partial charge < -0.3 is 9.64 Å². The number of benzene rings is 2. The van der Waals surface area contributed by atoms with Crippen LogP contribution in [0.5, 0.6) is 5.75 Å². The van der Waals surface area contributed by atoms with Crippen molar-refractivity contribution in [2.45, 2.75) is 12.5 Å². The fraction of sp³-hybridized carbons (Fsp3) is 0.235. The summed E-state index contributed by atoms with van der Waals surface area (Å²) in [7, 11) is 0. The lowest BCUT2D eigenvalue weighted by atomic mass is 10.2. The molecule has 1 unspecified atom stereocenters. The van der Waals surface area contributed by atoms with Crippen molar-refractivity contribution in [2.75, 3.05) is 13.1 Å². The summed E-state index contributed by atoms with van der Waals surface area (Å²) < 4.78 is 18.7. The Morgan fingerprint density at radius 1 is 1.10 bits per heavy atom. The summed E-state index contributed by atoms with van der Waals surface area (Å²) in [5, 5.41) is 0. The number of carbonyl (C=O) groups excluding carboxylic acids is 1. The van der Waals surface area contributed by atoms with Crippen molar-refractivity contribution in [3.63, 3.8) is 0 Å². The third-order valence-electron chi connectivity index (χ3n) is 3.57. The maximum atomic E-state index is 12.9. The Morgan fingerprint density at radius 2 is 1.81 bits per heavy atom. The van der Waals surface area contributed by atoms with E-state index in [4.69, 9.17) is 4.74 Å². The summed E-state index contributed by atoms with van der Waals surface area (Å²) in [6.45, 7) is 1.22. The molecule has 0 N–H and O–H groups in total. The highest BCUT2D eigenvalue weighted by Crippen LogP contribution is 2.19. The van der Waals surface area contributed by atoms with Crippen LogP contribution < -0.4 is 4.74 Å². The number of nitrogens with zero attached hydrogens (tertiary/aromatic N) is 1. The number of para-hydroxylation sites is 1. The number of hydrogen-bond donors (Lipinski definition) is 0. The highest BCUT2D eigenvalue weighted by molar-refractivity contribution is 5.94. The van der Waals surface area contributed by atoms with Crippen LogP contribution in [0.15, 0.2) is 54.6 Å². The largest absolute Gasteiger partial charge is 0.489 e. The standard InChI is InChI=1S/C17H16FNO2/c18-14-8-6-13(7-9-14)17(20)19-11-10-16(12-19)21-15-4-2-1-3-5-15/h1-9,16H,10-12H2. The number of halogens is 1. The Hall–Kier alpha value is -2.36. The van der Waals surface area contributed by atoms with Crippen LogP contribution in [-0.2, 0) is 0 Å². The zero-order chi connectivity index (χ0) is 14.7. The van der Waals surface area contributed by atoms with Gasteiger partial charge in [0, 0.05) is 18.5 Å². The molecule has 0 radical (unpaired) electrons. The zero-order valence-electron chi connectivity index (χ0n) is 11.5. The highest BCUT2D eigenvalue weighted by atomic mass is 19.1. The Bertz CT molecular complexity index is 612. The molecular formula is C17H16FNO2. The SMILES string of the molecule is O=C(c1ccc(F)cc1)N1CCC(Oc2ccccc2)C1. The molecule has 0 aliphatic carbocycles. The minimum absolute atomic E-state index is 0.0109. The summed E-state index contributed by atoms with van der Waals surface area (Å²) in [6.07, 6.45) is 0.818. The molecule has 1 atom stereocenters. The molecule has 1 amide bonds. The normalized spacial score (nSPS) is 17.8. The second-order valence-electron chi connectivity index (χ2n) is 5.10. The monoisotopic (exact) mass is 285 g/mol. The van der Waals surface area contributed by atoms with Crippen LogP contribution in [0, 0.1) is 5.82 Å². The van der Waals surface area contributed by atoms with Crippen LogP contribution in [0.3, 0.4) is 0 Å². The molecule has 0 bridgehead atoms. The highest BCUT2D eigenvalue weighted by Gasteiger charge is 2.28. The van der Waals surface area contributed by atoms with Crippen molar-refractivity contribution in [3.05, 3.63) is 66.0 Å². The Morgan fingerprint density at radius 3 is 2.52 bits per heavy atom. The van der Waals surface area contributed by atoms with Crippen LogP contribution in [0.2, 0.25) is 0 Å². The van der Waals surface area contributed by atoms with E-state index in [2.05, 4.69) is 0 Å². The van der Waals surface area contributed by atoms with Gasteiger partial charge >= 0.3 is 0 Å². The number of hydrogen-bond acceptors (Lipinski definition) is 2. The van der Waals surface area contributed by atoms with Crippen LogP contribution in [0.25, 0.3) is 0 Å². The number of rotatable bonds is 3. The lowest BCUT2D eigenvalue weighted by Gasteiger charge is -2.17. The summed E-state index contributed by atoms with van der Waals surface area (Å²) in [4.78, 5) is 14.1. The van der Waals surface area contributed by atoms with Gasteiger partial charge in [0.15, 0.2) is 0 Å². The molecule has 21 heavy (non-hydrogen) atoms. The first kappa shape index (κ1) is 13.6. The van der Waals surface area contributed by atoms with E-state index in [1.54, 1.807) is 4.90 Å². The number of ether oxygens (including phenoxy) is 1. The number of amides is 1. The maximum absolute atomic E-state index is 12.9. The summed E-state index contributed by atoms with van der Waals surface area (Å²) in [5.41, 5.74) is 0.511. The Labute approximate surface area is 123 Å². The van der Waals surface area contributed by atoms with Gasteiger partial charge in [-0.3, -0.25) is 4.79 Å². The topological polar surface area (TPSA) is 29.5 Å².